The van der Waals surface area contributed by atoms with E-state index in [-0.39, 0.29) is 11.3 Å². The van der Waals surface area contributed by atoms with Gasteiger partial charge in [0.2, 0.25) is 5.91 Å². The van der Waals surface area contributed by atoms with Crippen LogP contribution in [0.1, 0.15) is 37.1 Å². The van der Waals surface area contributed by atoms with Crippen molar-refractivity contribution in [2.24, 2.45) is 11.1 Å². The van der Waals surface area contributed by atoms with Crippen LogP contribution in [0.15, 0.2) is 12.4 Å². The van der Waals surface area contributed by atoms with Crippen LogP contribution in [0.2, 0.25) is 0 Å². The van der Waals surface area contributed by atoms with Crippen molar-refractivity contribution in [2.75, 3.05) is 6.54 Å². The zero-order chi connectivity index (χ0) is 13.0. The summed E-state index contributed by atoms with van der Waals surface area (Å²) in [5, 5.41) is 2.88. The molecule has 1 aromatic rings. The fourth-order valence-corrected chi connectivity index (χ4v) is 2.23. The molecule has 5 nitrogen and oxygen atoms in total. The molecule has 0 bridgehead atoms. The highest BCUT2D eigenvalue weighted by molar-refractivity contribution is 5.76. The van der Waals surface area contributed by atoms with Crippen LogP contribution in [0.3, 0.4) is 0 Å². The van der Waals surface area contributed by atoms with Gasteiger partial charge in [-0.05, 0) is 31.7 Å². The van der Waals surface area contributed by atoms with Gasteiger partial charge in [0.25, 0.3) is 0 Å². The lowest BCUT2D eigenvalue weighted by atomic mass is 9.66. The monoisotopic (exact) mass is 248 g/mol. The topological polar surface area (TPSA) is 80.9 Å². The molecule has 5 heteroatoms. The first-order valence-corrected chi connectivity index (χ1v) is 6.38. The number of aryl methyl sites for hydroxylation is 1. The number of hydrogen-bond acceptors (Lipinski definition) is 4. The first-order chi connectivity index (χ1) is 8.63. The van der Waals surface area contributed by atoms with Crippen molar-refractivity contribution in [2.45, 2.75) is 39.2 Å². The van der Waals surface area contributed by atoms with Crippen LogP contribution in [0.5, 0.6) is 0 Å². The number of amides is 1. The molecule has 0 aromatic carbocycles. The van der Waals surface area contributed by atoms with Gasteiger partial charge in [-0.25, -0.2) is 0 Å². The van der Waals surface area contributed by atoms with Crippen LogP contribution in [0.25, 0.3) is 0 Å². The van der Waals surface area contributed by atoms with E-state index in [0.29, 0.717) is 19.5 Å². The van der Waals surface area contributed by atoms with Gasteiger partial charge in [-0.1, -0.05) is 6.42 Å². The SMILES string of the molecule is Cc1cnc(CNC(=O)CC2(CN)CCC2)cn1. The molecular formula is C13H20N4O. The largest absolute Gasteiger partial charge is 0.350 e. The number of hydrogen-bond donors (Lipinski definition) is 2. The van der Waals surface area contributed by atoms with Gasteiger partial charge in [0.15, 0.2) is 0 Å². The van der Waals surface area contributed by atoms with Gasteiger partial charge in [-0.15, -0.1) is 0 Å². The molecule has 1 heterocycles. The predicted molar refractivity (Wildman–Crippen MR) is 68.6 cm³/mol. The summed E-state index contributed by atoms with van der Waals surface area (Å²) in [6.45, 7) is 2.93. The van der Waals surface area contributed by atoms with E-state index in [4.69, 9.17) is 5.73 Å². The fraction of sp³-hybridized carbons (Fsp3) is 0.615. The molecule has 0 aliphatic heterocycles. The quantitative estimate of drug-likeness (QED) is 0.812. The lowest BCUT2D eigenvalue weighted by molar-refractivity contribution is -0.124. The number of carbonyl (C=O) groups is 1. The van der Waals surface area contributed by atoms with E-state index in [9.17, 15) is 4.79 Å². The molecule has 1 amide bonds. The van der Waals surface area contributed by atoms with Crippen molar-refractivity contribution < 1.29 is 4.79 Å². The maximum Gasteiger partial charge on any atom is 0.220 e. The van der Waals surface area contributed by atoms with Gasteiger partial charge in [0, 0.05) is 12.6 Å². The Morgan fingerprint density at radius 3 is 2.72 bits per heavy atom. The minimum absolute atomic E-state index is 0.0579. The molecule has 1 aromatic heterocycles. The smallest absolute Gasteiger partial charge is 0.220 e. The lowest BCUT2D eigenvalue weighted by Gasteiger charge is -2.40. The minimum atomic E-state index is 0.0579. The number of nitrogens with zero attached hydrogens (tertiary/aromatic N) is 2. The third-order valence-electron chi connectivity index (χ3n) is 3.68. The molecule has 1 fully saturated rings. The number of nitrogens with two attached hydrogens (primary N) is 1. The molecule has 0 atom stereocenters. The molecule has 0 unspecified atom stereocenters. The van der Waals surface area contributed by atoms with Crippen LogP contribution in [0.4, 0.5) is 0 Å². The van der Waals surface area contributed by atoms with Crippen LogP contribution >= 0.6 is 0 Å². The van der Waals surface area contributed by atoms with Gasteiger partial charge in [0.1, 0.15) is 0 Å². The predicted octanol–water partition coefficient (Wildman–Crippen LogP) is 0.920. The van der Waals surface area contributed by atoms with E-state index in [1.165, 1.54) is 6.42 Å². The highest BCUT2D eigenvalue weighted by atomic mass is 16.1. The number of nitrogens with one attached hydrogen (secondary N) is 1. The van der Waals surface area contributed by atoms with Crippen molar-refractivity contribution in [1.29, 1.82) is 0 Å². The minimum Gasteiger partial charge on any atom is -0.350 e. The number of rotatable bonds is 5. The summed E-state index contributed by atoms with van der Waals surface area (Å²) >= 11 is 0. The third-order valence-corrected chi connectivity index (χ3v) is 3.68. The van der Waals surface area contributed by atoms with Gasteiger partial charge >= 0.3 is 0 Å². The molecule has 98 valence electrons. The molecule has 0 spiro atoms. The molecule has 3 N–H and O–H groups in total. The fourth-order valence-electron chi connectivity index (χ4n) is 2.23. The van der Waals surface area contributed by atoms with Gasteiger partial charge < -0.3 is 11.1 Å². The highest BCUT2D eigenvalue weighted by Gasteiger charge is 2.37. The lowest BCUT2D eigenvalue weighted by Crippen LogP contribution is -2.41. The van der Waals surface area contributed by atoms with Crippen molar-refractivity contribution in [3.63, 3.8) is 0 Å². The second-order valence-corrected chi connectivity index (χ2v) is 5.16. The second-order valence-electron chi connectivity index (χ2n) is 5.16. The first kappa shape index (κ1) is 13.0. The summed E-state index contributed by atoms with van der Waals surface area (Å²) in [7, 11) is 0. The maximum absolute atomic E-state index is 11.8. The average Bonchev–Trinajstić information content (AvgIpc) is 2.33. The van der Waals surface area contributed by atoms with Crippen molar-refractivity contribution in [3.8, 4) is 0 Å². The molecule has 1 saturated carbocycles. The molecule has 1 aliphatic carbocycles. The van der Waals surface area contributed by atoms with Crippen LogP contribution in [-0.2, 0) is 11.3 Å². The summed E-state index contributed by atoms with van der Waals surface area (Å²) in [5.74, 6) is 0.0579. The Morgan fingerprint density at radius 1 is 1.44 bits per heavy atom. The Bertz CT molecular complexity index is 406. The summed E-state index contributed by atoms with van der Waals surface area (Å²) < 4.78 is 0. The Hall–Kier alpha value is -1.49. The number of carbonyl (C=O) groups excluding carboxylic acids is 1. The highest BCUT2D eigenvalue weighted by Crippen LogP contribution is 2.42. The van der Waals surface area contributed by atoms with Crippen molar-refractivity contribution >= 4 is 5.91 Å². The summed E-state index contributed by atoms with van der Waals surface area (Å²) in [6, 6.07) is 0. The summed E-state index contributed by atoms with van der Waals surface area (Å²) in [5.41, 5.74) is 7.46. The Labute approximate surface area is 107 Å². The van der Waals surface area contributed by atoms with Crippen molar-refractivity contribution in [3.05, 3.63) is 23.8 Å². The van der Waals surface area contributed by atoms with Gasteiger partial charge in [-0.2, -0.15) is 0 Å². The summed E-state index contributed by atoms with van der Waals surface area (Å²) in [6.07, 6.45) is 7.26. The normalized spacial score (nSPS) is 17.0. The van der Waals surface area contributed by atoms with E-state index >= 15 is 0 Å². The van der Waals surface area contributed by atoms with E-state index in [0.717, 1.165) is 24.2 Å². The Morgan fingerprint density at radius 2 is 2.22 bits per heavy atom. The third kappa shape index (κ3) is 3.04. The van der Waals surface area contributed by atoms with Crippen molar-refractivity contribution in [1.82, 2.24) is 15.3 Å². The van der Waals surface area contributed by atoms with Crippen LogP contribution in [0, 0.1) is 12.3 Å². The Balaban J connectivity index is 1.79. The van der Waals surface area contributed by atoms with Crippen LogP contribution in [-0.4, -0.2) is 22.4 Å². The molecule has 0 radical (unpaired) electrons. The van der Waals surface area contributed by atoms with Gasteiger partial charge in [0.05, 0.1) is 24.1 Å². The average molecular weight is 248 g/mol. The zero-order valence-electron chi connectivity index (χ0n) is 10.8. The summed E-state index contributed by atoms with van der Waals surface area (Å²) in [4.78, 5) is 20.2. The Kier molecular flexibility index (Phi) is 3.91. The van der Waals surface area contributed by atoms with E-state index < -0.39 is 0 Å². The van der Waals surface area contributed by atoms with E-state index in [1.807, 2.05) is 6.92 Å². The number of aromatic nitrogens is 2. The molecule has 0 saturated heterocycles. The first-order valence-electron chi connectivity index (χ1n) is 6.38. The molecule has 1 aliphatic rings. The van der Waals surface area contributed by atoms with Crippen LogP contribution < -0.4 is 11.1 Å². The standard InChI is InChI=1S/C13H20N4O/c1-10-6-16-11(7-15-10)8-17-12(18)5-13(9-14)3-2-4-13/h6-7H,2-5,8-9,14H2,1H3,(H,17,18). The zero-order valence-corrected chi connectivity index (χ0v) is 10.8. The van der Waals surface area contributed by atoms with Gasteiger partial charge in [-0.3, -0.25) is 14.8 Å². The molecule has 18 heavy (non-hydrogen) atoms. The molecule has 2 rings (SSSR count). The van der Waals surface area contributed by atoms with E-state index in [1.54, 1.807) is 12.4 Å². The van der Waals surface area contributed by atoms with E-state index in [2.05, 4.69) is 15.3 Å². The molecular weight excluding hydrogens is 228 g/mol. The maximum atomic E-state index is 11.8. The second kappa shape index (κ2) is 5.44.